The van der Waals surface area contributed by atoms with Gasteiger partial charge in [0.15, 0.2) is 0 Å². The predicted octanol–water partition coefficient (Wildman–Crippen LogP) is 14.7. The SMILES string of the molecule is C=C1/C=C\C=C/Cc2ccccc2N1/C=C/C=C(\C=C/C)N(c1ccc(-n2c3ccccc3c3ccccc32)cc1)c1ccc(-n2c3ccccc3c3ccccc32)cc1. The van der Waals surface area contributed by atoms with Gasteiger partial charge in [-0.3, -0.25) is 0 Å². The number of benzene rings is 7. The molecule has 10 rings (SSSR count). The van der Waals surface area contributed by atoms with Crippen LogP contribution in [-0.2, 0) is 6.42 Å². The summed E-state index contributed by atoms with van der Waals surface area (Å²) < 4.78 is 4.73. The molecule has 4 heteroatoms. The van der Waals surface area contributed by atoms with Crippen molar-refractivity contribution < 1.29 is 0 Å². The molecule has 0 bridgehead atoms. The Morgan fingerprint density at radius 3 is 1.52 bits per heavy atom. The minimum atomic E-state index is 0.848. The van der Waals surface area contributed by atoms with E-state index in [-0.39, 0.29) is 0 Å². The molecule has 0 fully saturated rings. The van der Waals surface area contributed by atoms with Crippen molar-refractivity contribution in [3.05, 3.63) is 248 Å². The van der Waals surface area contributed by atoms with Crippen LogP contribution in [0.25, 0.3) is 55.0 Å². The Hall–Kier alpha value is -7.82. The number of aromatic nitrogens is 2. The third-order valence-corrected chi connectivity index (χ3v) is 11.4. The molecule has 3 heterocycles. The second kappa shape index (κ2) is 15.8. The predicted molar refractivity (Wildman–Crippen MR) is 256 cm³/mol. The van der Waals surface area contributed by atoms with Gasteiger partial charge in [0, 0.05) is 67.6 Å². The van der Waals surface area contributed by atoms with E-state index in [1.54, 1.807) is 0 Å². The van der Waals surface area contributed by atoms with E-state index in [4.69, 9.17) is 0 Å². The van der Waals surface area contributed by atoms with Crippen molar-refractivity contribution in [3.63, 3.8) is 0 Å². The zero-order chi connectivity index (χ0) is 40.4. The average Bonchev–Trinajstić information content (AvgIpc) is 3.83. The van der Waals surface area contributed by atoms with Gasteiger partial charge in [-0.1, -0.05) is 122 Å². The number of para-hydroxylation sites is 5. The minimum Gasteiger partial charge on any atom is -0.318 e. The lowest BCUT2D eigenvalue weighted by atomic mass is 10.1. The molecule has 0 radical (unpaired) electrons. The summed E-state index contributed by atoms with van der Waals surface area (Å²) in [6.45, 7) is 6.51. The molecule has 4 nitrogen and oxygen atoms in total. The molecular formula is C56H44N4. The number of nitrogens with zero attached hydrogens (tertiary/aromatic N) is 4. The second-order valence-electron chi connectivity index (χ2n) is 15.0. The summed E-state index contributed by atoms with van der Waals surface area (Å²) in [5, 5.41) is 5.00. The van der Waals surface area contributed by atoms with E-state index in [0.717, 1.165) is 46.3 Å². The van der Waals surface area contributed by atoms with Crippen LogP contribution in [0.3, 0.4) is 0 Å². The van der Waals surface area contributed by atoms with E-state index in [9.17, 15) is 0 Å². The van der Waals surface area contributed by atoms with Gasteiger partial charge in [-0.05, 0) is 122 Å². The lowest BCUT2D eigenvalue weighted by Crippen LogP contribution is -2.16. The van der Waals surface area contributed by atoms with Crippen molar-refractivity contribution in [3.8, 4) is 11.4 Å². The Balaban J connectivity index is 1.09. The maximum Gasteiger partial charge on any atom is 0.0541 e. The zero-order valence-corrected chi connectivity index (χ0v) is 33.6. The Morgan fingerprint density at radius 2 is 1.02 bits per heavy atom. The monoisotopic (exact) mass is 772 g/mol. The number of fused-ring (bicyclic) bond motifs is 7. The normalized spacial score (nSPS) is 14.6. The highest BCUT2D eigenvalue weighted by atomic mass is 15.2. The van der Waals surface area contributed by atoms with Crippen LogP contribution in [0.5, 0.6) is 0 Å². The summed E-state index contributed by atoms with van der Waals surface area (Å²) in [6.07, 6.45) is 20.0. The van der Waals surface area contributed by atoms with Crippen LogP contribution in [0.1, 0.15) is 12.5 Å². The van der Waals surface area contributed by atoms with E-state index in [1.165, 1.54) is 49.2 Å². The van der Waals surface area contributed by atoms with Gasteiger partial charge in [0.1, 0.15) is 0 Å². The van der Waals surface area contributed by atoms with Gasteiger partial charge in [-0.15, -0.1) is 0 Å². The number of hydrogen-bond donors (Lipinski definition) is 0. The molecule has 2 aromatic heterocycles. The number of rotatable bonds is 8. The van der Waals surface area contributed by atoms with Crippen LogP contribution in [0, 0.1) is 0 Å². The van der Waals surface area contributed by atoms with Crippen molar-refractivity contribution in [1.82, 2.24) is 9.13 Å². The van der Waals surface area contributed by atoms with E-state index < -0.39 is 0 Å². The second-order valence-corrected chi connectivity index (χ2v) is 15.0. The van der Waals surface area contributed by atoms with Gasteiger partial charge >= 0.3 is 0 Å². The zero-order valence-electron chi connectivity index (χ0n) is 33.6. The summed E-state index contributed by atoms with van der Waals surface area (Å²) in [7, 11) is 0. The van der Waals surface area contributed by atoms with Gasteiger partial charge in [0.2, 0.25) is 0 Å². The molecule has 0 atom stereocenters. The molecule has 0 amide bonds. The van der Waals surface area contributed by atoms with Crippen molar-refractivity contribution in [1.29, 1.82) is 0 Å². The van der Waals surface area contributed by atoms with Crippen LogP contribution in [0.2, 0.25) is 0 Å². The van der Waals surface area contributed by atoms with E-state index in [2.05, 4.69) is 257 Å². The number of allylic oxidation sites excluding steroid dienone is 8. The van der Waals surface area contributed by atoms with Gasteiger partial charge in [-0.25, -0.2) is 0 Å². The third-order valence-electron chi connectivity index (χ3n) is 11.4. The lowest BCUT2D eigenvalue weighted by molar-refractivity contribution is 1.15. The van der Waals surface area contributed by atoms with E-state index >= 15 is 0 Å². The molecule has 7 aromatic carbocycles. The first kappa shape index (κ1) is 36.5. The van der Waals surface area contributed by atoms with Crippen LogP contribution < -0.4 is 9.80 Å². The molecule has 1 aliphatic rings. The Kier molecular flexibility index (Phi) is 9.64. The van der Waals surface area contributed by atoms with Crippen molar-refractivity contribution in [2.24, 2.45) is 0 Å². The topological polar surface area (TPSA) is 16.3 Å². The minimum absolute atomic E-state index is 0.848. The quantitative estimate of drug-likeness (QED) is 0.143. The summed E-state index contributed by atoms with van der Waals surface area (Å²) in [5.74, 6) is 0. The van der Waals surface area contributed by atoms with Gasteiger partial charge in [0.25, 0.3) is 0 Å². The van der Waals surface area contributed by atoms with Crippen molar-refractivity contribution >= 4 is 60.7 Å². The Bertz CT molecular complexity index is 2940. The fourth-order valence-electron chi connectivity index (χ4n) is 8.72. The van der Waals surface area contributed by atoms with Crippen molar-refractivity contribution in [2.45, 2.75) is 13.3 Å². The summed E-state index contributed by atoms with van der Waals surface area (Å²) in [6, 6.07) is 61.1. The highest BCUT2D eigenvalue weighted by molar-refractivity contribution is 6.10. The van der Waals surface area contributed by atoms with Crippen LogP contribution in [-0.4, -0.2) is 9.13 Å². The largest absolute Gasteiger partial charge is 0.318 e. The van der Waals surface area contributed by atoms with Crippen LogP contribution in [0.4, 0.5) is 17.1 Å². The number of anilines is 3. The summed E-state index contributed by atoms with van der Waals surface area (Å²) in [4.78, 5) is 4.51. The average molecular weight is 773 g/mol. The fraction of sp³-hybridized carbons (Fsp3) is 0.0357. The molecule has 60 heavy (non-hydrogen) atoms. The molecule has 0 saturated heterocycles. The van der Waals surface area contributed by atoms with Crippen LogP contribution in [0.15, 0.2) is 243 Å². The first-order chi connectivity index (χ1) is 29.7. The highest BCUT2D eigenvalue weighted by Crippen LogP contribution is 2.37. The summed E-state index contributed by atoms with van der Waals surface area (Å²) in [5.41, 5.74) is 13.4. The number of hydrogen-bond acceptors (Lipinski definition) is 2. The first-order valence-corrected chi connectivity index (χ1v) is 20.6. The molecule has 1 aliphatic heterocycles. The molecule has 288 valence electrons. The van der Waals surface area contributed by atoms with Gasteiger partial charge in [0.05, 0.1) is 22.1 Å². The first-order valence-electron chi connectivity index (χ1n) is 20.6. The van der Waals surface area contributed by atoms with E-state index in [0.29, 0.717) is 0 Å². The Morgan fingerprint density at radius 1 is 0.550 bits per heavy atom. The maximum absolute atomic E-state index is 4.44. The van der Waals surface area contributed by atoms with E-state index in [1.807, 2.05) is 0 Å². The molecule has 0 N–H and O–H groups in total. The third kappa shape index (κ3) is 6.54. The van der Waals surface area contributed by atoms with Crippen LogP contribution >= 0.6 is 0 Å². The van der Waals surface area contributed by atoms with Gasteiger partial charge in [-0.2, -0.15) is 0 Å². The summed E-state index contributed by atoms with van der Waals surface area (Å²) >= 11 is 0. The van der Waals surface area contributed by atoms with Crippen molar-refractivity contribution in [2.75, 3.05) is 9.80 Å². The molecular weight excluding hydrogens is 729 g/mol. The molecule has 0 unspecified atom stereocenters. The highest BCUT2D eigenvalue weighted by Gasteiger charge is 2.18. The van der Waals surface area contributed by atoms with Gasteiger partial charge < -0.3 is 18.9 Å². The standard InChI is InChI=1S/C56H44N4/c1-3-18-43(22-17-40-57-41(2)19-5-4-6-20-42-21-7-12-27-52(42)57)58(44-32-36-46(37-33-44)59-53-28-13-8-23-48(53)49-24-9-14-29-54(49)59)45-34-38-47(39-35-45)60-55-30-15-10-25-50(55)51-26-11-16-31-56(51)60/h3-19,21-40H,2,20H2,1H3/b6-4-,18-3-,19-5-,40-17+,43-22+. The molecule has 9 aromatic rings. The molecule has 0 saturated carbocycles. The molecule has 0 aliphatic carbocycles. The Labute approximate surface area is 351 Å². The lowest BCUT2D eigenvalue weighted by Gasteiger charge is -2.27. The smallest absolute Gasteiger partial charge is 0.0541 e. The fourth-order valence-corrected chi connectivity index (χ4v) is 8.72. The maximum atomic E-state index is 4.44. The molecule has 0 spiro atoms.